The van der Waals surface area contributed by atoms with E-state index in [0.717, 1.165) is 25.7 Å². The predicted molar refractivity (Wildman–Crippen MR) is 89.6 cm³/mol. The number of nitrogens with zero attached hydrogens (tertiary/aromatic N) is 4. The molecule has 0 radical (unpaired) electrons. The van der Waals surface area contributed by atoms with Gasteiger partial charge in [0.2, 0.25) is 5.91 Å². The van der Waals surface area contributed by atoms with Crippen molar-refractivity contribution in [3.8, 4) is 0 Å². The van der Waals surface area contributed by atoms with E-state index in [4.69, 9.17) is 0 Å². The summed E-state index contributed by atoms with van der Waals surface area (Å²) in [6.45, 7) is 0. The topological polar surface area (TPSA) is 93.8 Å². The Kier molecular flexibility index (Phi) is 4.64. The first-order valence-corrected chi connectivity index (χ1v) is 8.18. The molecule has 1 aliphatic carbocycles. The molecular weight excluding hydrogens is 308 g/mol. The maximum atomic E-state index is 12.3. The fourth-order valence-electron chi connectivity index (χ4n) is 2.97. The number of hydrogen-bond donors (Lipinski definition) is 2. The standard InChI is InChI=1S/C16H22N6O2/c1-21-10-12(9-17-21)18-16(24)13-8-14(22(2)20-13)19-15(23)11-6-4-3-5-7-11/h8-11H,3-7H2,1-2H3,(H,18,24)(H,19,23). The van der Waals surface area contributed by atoms with Crippen molar-refractivity contribution < 1.29 is 9.59 Å². The third-order valence-electron chi connectivity index (χ3n) is 4.30. The molecule has 2 amide bonds. The van der Waals surface area contributed by atoms with Crippen molar-refractivity contribution >= 4 is 23.3 Å². The van der Waals surface area contributed by atoms with Gasteiger partial charge in [-0.3, -0.25) is 19.0 Å². The van der Waals surface area contributed by atoms with E-state index in [-0.39, 0.29) is 23.4 Å². The molecule has 3 rings (SSSR count). The second-order valence-electron chi connectivity index (χ2n) is 6.22. The van der Waals surface area contributed by atoms with Gasteiger partial charge in [-0.25, -0.2) is 0 Å². The van der Waals surface area contributed by atoms with Crippen LogP contribution in [0, 0.1) is 5.92 Å². The molecule has 8 nitrogen and oxygen atoms in total. The molecule has 2 aromatic heterocycles. The number of nitrogens with one attached hydrogen (secondary N) is 2. The molecule has 2 heterocycles. The van der Waals surface area contributed by atoms with Gasteiger partial charge in [-0.1, -0.05) is 19.3 Å². The molecule has 128 valence electrons. The second kappa shape index (κ2) is 6.86. The Labute approximate surface area is 140 Å². The molecule has 0 bridgehead atoms. The largest absolute Gasteiger partial charge is 0.318 e. The zero-order valence-electron chi connectivity index (χ0n) is 14.0. The minimum Gasteiger partial charge on any atom is -0.318 e. The second-order valence-corrected chi connectivity index (χ2v) is 6.22. The summed E-state index contributed by atoms with van der Waals surface area (Å²) >= 11 is 0. The van der Waals surface area contributed by atoms with E-state index in [2.05, 4.69) is 20.8 Å². The molecule has 0 unspecified atom stereocenters. The first-order valence-electron chi connectivity index (χ1n) is 8.18. The van der Waals surface area contributed by atoms with Crippen LogP contribution >= 0.6 is 0 Å². The van der Waals surface area contributed by atoms with Crippen LogP contribution in [0.4, 0.5) is 11.5 Å². The van der Waals surface area contributed by atoms with Crippen LogP contribution in [0.2, 0.25) is 0 Å². The summed E-state index contributed by atoms with van der Waals surface area (Å²) < 4.78 is 3.11. The van der Waals surface area contributed by atoms with Gasteiger partial charge >= 0.3 is 0 Å². The Bertz CT molecular complexity index is 742. The van der Waals surface area contributed by atoms with Crippen molar-refractivity contribution in [1.82, 2.24) is 19.6 Å². The summed E-state index contributed by atoms with van der Waals surface area (Å²) in [5.41, 5.74) is 0.848. The van der Waals surface area contributed by atoms with Crippen LogP contribution in [0.25, 0.3) is 0 Å². The van der Waals surface area contributed by atoms with Gasteiger partial charge in [-0.15, -0.1) is 0 Å². The van der Waals surface area contributed by atoms with E-state index in [1.54, 1.807) is 37.2 Å². The Morgan fingerprint density at radius 3 is 2.58 bits per heavy atom. The summed E-state index contributed by atoms with van der Waals surface area (Å²) in [4.78, 5) is 24.6. The zero-order chi connectivity index (χ0) is 17.1. The van der Waals surface area contributed by atoms with E-state index >= 15 is 0 Å². The van der Waals surface area contributed by atoms with Crippen LogP contribution in [0.3, 0.4) is 0 Å². The molecule has 24 heavy (non-hydrogen) atoms. The molecule has 2 N–H and O–H groups in total. The minimum absolute atomic E-state index is 0.0110. The van der Waals surface area contributed by atoms with Gasteiger partial charge in [-0.2, -0.15) is 10.2 Å². The van der Waals surface area contributed by atoms with Crippen LogP contribution in [-0.2, 0) is 18.9 Å². The average molecular weight is 330 g/mol. The molecule has 0 spiro atoms. The number of hydrogen-bond acceptors (Lipinski definition) is 4. The molecule has 1 saturated carbocycles. The number of aromatic nitrogens is 4. The smallest absolute Gasteiger partial charge is 0.276 e. The van der Waals surface area contributed by atoms with E-state index in [1.807, 2.05) is 0 Å². The van der Waals surface area contributed by atoms with Gasteiger partial charge in [0, 0.05) is 32.3 Å². The number of carbonyl (C=O) groups is 2. The molecular formula is C16H22N6O2. The van der Waals surface area contributed by atoms with Crippen molar-refractivity contribution in [3.63, 3.8) is 0 Å². The molecule has 0 aliphatic heterocycles. The van der Waals surface area contributed by atoms with E-state index in [1.165, 1.54) is 11.1 Å². The van der Waals surface area contributed by atoms with Gasteiger partial charge in [-0.05, 0) is 12.8 Å². The number of amides is 2. The van der Waals surface area contributed by atoms with Gasteiger partial charge in [0.25, 0.3) is 5.91 Å². The number of aryl methyl sites for hydroxylation is 2. The zero-order valence-corrected chi connectivity index (χ0v) is 14.0. The molecule has 1 fully saturated rings. The lowest BCUT2D eigenvalue weighted by molar-refractivity contribution is -0.120. The highest BCUT2D eigenvalue weighted by molar-refractivity contribution is 6.03. The van der Waals surface area contributed by atoms with E-state index < -0.39 is 0 Å². The Hall–Kier alpha value is -2.64. The Balaban J connectivity index is 1.65. The van der Waals surface area contributed by atoms with Crippen molar-refractivity contribution in [2.75, 3.05) is 10.6 Å². The highest BCUT2D eigenvalue weighted by Gasteiger charge is 2.23. The molecule has 0 aromatic carbocycles. The predicted octanol–water partition coefficient (Wildman–Crippen LogP) is 1.92. The fourth-order valence-corrected chi connectivity index (χ4v) is 2.97. The van der Waals surface area contributed by atoms with Crippen LogP contribution in [-0.4, -0.2) is 31.4 Å². The highest BCUT2D eigenvalue weighted by Crippen LogP contribution is 2.25. The number of anilines is 2. The summed E-state index contributed by atoms with van der Waals surface area (Å²) in [7, 11) is 3.48. The quantitative estimate of drug-likeness (QED) is 0.895. The first kappa shape index (κ1) is 16.2. The molecule has 0 saturated heterocycles. The van der Waals surface area contributed by atoms with Gasteiger partial charge in [0.05, 0.1) is 11.9 Å². The van der Waals surface area contributed by atoms with Crippen LogP contribution in [0.5, 0.6) is 0 Å². The van der Waals surface area contributed by atoms with Crippen LogP contribution in [0.1, 0.15) is 42.6 Å². The molecule has 1 aliphatic rings. The maximum absolute atomic E-state index is 12.3. The van der Waals surface area contributed by atoms with Crippen LogP contribution in [0.15, 0.2) is 18.5 Å². The third-order valence-corrected chi connectivity index (χ3v) is 4.30. The third kappa shape index (κ3) is 3.64. The lowest BCUT2D eigenvalue weighted by Gasteiger charge is -2.20. The van der Waals surface area contributed by atoms with E-state index in [0.29, 0.717) is 11.5 Å². The summed E-state index contributed by atoms with van der Waals surface area (Å²) in [5.74, 6) is 0.261. The normalized spacial score (nSPS) is 15.2. The summed E-state index contributed by atoms with van der Waals surface area (Å²) in [5, 5.41) is 13.8. The number of rotatable bonds is 4. The van der Waals surface area contributed by atoms with Gasteiger partial charge in [0.1, 0.15) is 5.82 Å². The highest BCUT2D eigenvalue weighted by atomic mass is 16.2. The average Bonchev–Trinajstić information content (AvgIpc) is 3.14. The Morgan fingerprint density at radius 1 is 1.17 bits per heavy atom. The minimum atomic E-state index is -0.336. The molecule has 2 aromatic rings. The lowest BCUT2D eigenvalue weighted by atomic mass is 9.89. The summed E-state index contributed by atoms with van der Waals surface area (Å²) in [6, 6.07) is 1.59. The fraction of sp³-hybridized carbons (Fsp3) is 0.500. The van der Waals surface area contributed by atoms with E-state index in [9.17, 15) is 9.59 Å². The van der Waals surface area contributed by atoms with Gasteiger partial charge in [0.15, 0.2) is 5.69 Å². The van der Waals surface area contributed by atoms with Crippen molar-refractivity contribution in [3.05, 3.63) is 24.2 Å². The summed E-state index contributed by atoms with van der Waals surface area (Å²) in [6.07, 6.45) is 8.52. The molecule has 0 atom stereocenters. The van der Waals surface area contributed by atoms with Crippen molar-refractivity contribution in [2.45, 2.75) is 32.1 Å². The lowest BCUT2D eigenvalue weighted by Crippen LogP contribution is -2.25. The Morgan fingerprint density at radius 2 is 1.92 bits per heavy atom. The van der Waals surface area contributed by atoms with Gasteiger partial charge < -0.3 is 10.6 Å². The SMILES string of the molecule is Cn1cc(NC(=O)c2cc(NC(=O)C3CCCCC3)n(C)n2)cn1. The van der Waals surface area contributed by atoms with Crippen molar-refractivity contribution in [2.24, 2.45) is 20.0 Å². The number of carbonyl (C=O) groups excluding carboxylic acids is 2. The van der Waals surface area contributed by atoms with Crippen molar-refractivity contribution in [1.29, 1.82) is 0 Å². The maximum Gasteiger partial charge on any atom is 0.276 e. The van der Waals surface area contributed by atoms with Crippen LogP contribution < -0.4 is 10.6 Å². The first-order chi connectivity index (χ1) is 11.5. The molecule has 8 heteroatoms. The monoisotopic (exact) mass is 330 g/mol.